The van der Waals surface area contributed by atoms with Crippen LogP contribution >= 0.6 is 11.6 Å². The highest BCUT2D eigenvalue weighted by atomic mass is 35.5. The first-order chi connectivity index (χ1) is 14.0. The summed E-state index contributed by atoms with van der Waals surface area (Å²) in [5.74, 6) is 0.186. The fourth-order valence-electron chi connectivity index (χ4n) is 3.45. The Labute approximate surface area is 173 Å². The van der Waals surface area contributed by atoms with Crippen LogP contribution in [0.5, 0.6) is 5.75 Å². The Bertz CT molecular complexity index is 1110. The van der Waals surface area contributed by atoms with E-state index < -0.39 is 0 Å². The summed E-state index contributed by atoms with van der Waals surface area (Å²) in [6.07, 6.45) is 0. The molecule has 0 fully saturated rings. The van der Waals surface area contributed by atoms with E-state index in [1.54, 1.807) is 54.5 Å². The fraction of sp³-hybridized carbons (Fsp3) is 0.130. The first-order valence-corrected chi connectivity index (χ1v) is 9.51. The van der Waals surface area contributed by atoms with Crippen LogP contribution in [0.1, 0.15) is 31.8 Å². The van der Waals surface area contributed by atoms with Gasteiger partial charge < -0.3 is 15.0 Å². The number of halogens is 1. The topological polar surface area (TPSA) is 58.6 Å². The maximum absolute atomic E-state index is 13.1. The number of fused-ring (bicyclic) bond motifs is 1. The molecule has 29 heavy (non-hydrogen) atoms. The SMILES string of the molecule is COc1ccc(N2Cc3cccc(C(=O)Nc4cccc(Cl)c4C)c3C2=O)cc1. The third kappa shape index (κ3) is 3.45. The third-order valence-corrected chi connectivity index (χ3v) is 5.49. The van der Waals surface area contributed by atoms with E-state index >= 15 is 0 Å². The Morgan fingerprint density at radius 3 is 2.52 bits per heavy atom. The lowest BCUT2D eigenvalue weighted by Crippen LogP contribution is -2.24. The number of benzene rings is 3. The molecule has 0 saturated heterocycles. The molecule has 1 heterocycles. The second kappa shape index (κ2) is 7.60. The standard InChI is InChI=1S/C23H19ClN2O3/c1-14-19(24)7-4-8-20(14)25-22(27)18-6-3-5-15-13-26(23(28)21(15)18)16-9-11-17(29-2)12-10-16/h3-12H,13H2,1-2H3,(H,25,27). The molecule has 0 spiro atoms. The van der Waals surface area contributed by atoms with Crippen LogP contribution in [0, 0.1) is 6.92 Å². The summed E-state index contributed by atoms with van der Waals surface area (Å²) in [6, 6.07) is 17.9. The van der Waals surface area contributed by atoms with Crippen LogP contribution in [0.3, 0.4) is 0 Å². The van der Waals surface area contributed by atoms with Crippen LogP contribution in [0.25, 0.3) is 0 Å². The molecule has 0 aliphatic carbocycles. The van der Waals surface area contributed by atoms with Gasteiger partial charge in [-0.2, -0.15) is 0 Å². The number of nitrogens with one attached hydrogen (secondary N) is 1. The van der Waals surface area contributed by atoms with Crippen molar-refractivity contribution >= 4 is 34.8 Å². The quantitative estimate of drug-likeness (QED) is 0.658. The molecule has 146 valence electrons. The van der Waals surface area contributed by atoms with Gasteiger partial charge in [0.2, 0.25) is 0 Å². The summed E-state index contributed by atoms with van der Waals surface area (Å²) in [5, 5.41) is 3.45. The van der Waals surface area contributed by atoms with Gasteiger partial charge in [0.25, 0.3) is 11.8 Å². The highest BCUT2D eigenvalue weighted by Gasteiger charge is 2.32. The van der Waals surface area contributed by atoms with E-state index in [-0.39, 0.29) is 11.8 Å². The summed E-state index contributed by atoms with van der Waals surface area (Å²) in [7, 11) is 1.60. The van der Waals surface area contributed by atoms with Crippen molar-refractivity contribution in [3.63, 3.8) is 0 Å². The molecule has 1 aliphatic rings. The predicted octanol–water partition coefficient (Wildman–Crippen LogP) is 5.07. The van der Waals surface area contributed by atoms with Gasteiger partial charge in [0, 0.05) is 16.4 Å². The average Bonchev–Trinajstić information content (AvgIpc) is 3.08. The number of carbonyl (C=O) groups is 2. The summed E-state index contributed by atoms with van der Waals surface area (Å²) in [5.41, 5.74) is 3.76. The van der Waals surface area contributed by atoms with Crippen molar-refractivity contribution < 1.29 is 14.3 Å². The zero-order chi connectivity index (χ0) is 20.5. The largest absolute Gasteiger partial charge is 0.497 e. The summed E-state index contributed by atoms with van der Waals surface area (Å²) in [4.78, 5) is 27.8. The number of methoxy groups -OCH3 is 1. The number of hydrogen-bond acceptors (Lipinski definition) is 3. The summed E-state index contributed by atoms with van der Waals surface area (Å²) < 4.78 is 5.18. The van der Waals surface area contributed by atoms with E-state index in [9.17, 15) is 9.59 Å². The smallest absolute Gasteiger partial charge is 0.259 e. The van der Waals surface area contributed by atoms with Crippen molar-refractivity contribution in [2.45, 2.75) is 13.5 Å². The predicted molar refractivity (Wildman–Crippen MR) is 114 cm³/mol. The molecule has 6 heteroatoms. The number of nitrogens with zero attached hydrogens (tertiary/aromatic N) is 1. The molecule has 0 saturated carbocycles. The van der Waals surface area contributed by atoms with E-state index in [1.807, 2.05) is 25.1 Å². The van der Waals surface area contributed by atoms with Crippen molar-refractivity contribution in [3.05, 3.63) is 87.9 Å². The van der Waals surface area contributed by atoms with Gasteiger partial charge in [-0.15, -0.1) is 0 Å². The van der Waals surface area contributed by atoms with Crippen LogP contribution in [-0.2, 0) is 6.54 Å². The molecule has 3 aromatic carbocycles. The van der Waals surface area contributed by atoms with Gasteiger partial charge in [-0.1, -0.05) is 29.8 Å². The molecule has 0 unspecified atom stereocenters. The highest BCUT2D eigenvalue weighted by molar-refractivity contribution is 6.32. The van der Waals surface area contributed by atoms with E-state index in [4.69, 9.17) is 16.3 Å². The van der Waals surface area contributed by atoms with Crippen LogP contribution in [0.2, 0.25) is 5.02 Å². The van der Waals surface area contributed by atoms with Crippen LogP contribution in [0.15, 0.2) is 60.7 Å². The maximum atomic E-state index is 13.1. The lowest BCUT2D eigenvalue weighted by molar-refractivity contribution is 0.0976. The fourth-order valence-corrected chi connectivity index (χ4v) is 3.63. The van der Waals surface area contributed by atoms with Crippen molar-refractivity contribution in [2.75, 3.05) is 17.3 Å². The van der Waals surface area contributed by atoms with Gasteiger partial charge in [-0.25, -0.2) is 0 Å². The molecule has 5 nitrogen and oxygen atoms in total. The Morgan fingerprint density at radius 1 is 1.07 bits per heavy atom. The molecule has 2 amide bonds. The van der Waals surface area contributed by atoms with Gasteiger partial charge >= 0.3 is 0 Å². The number of rotatable bonds is 4. The first kappa shape index (κ1) is 19.0. The summed E-state index contributed by atoms with van der Waals surface area (Å²) in [6.45, 7) is 2.25. The Hall–Kier alpha value is -3.31. The van der Waals surface area contributed by atoms with E-state index in [0.29, 0.717) is 28.4 Å². The molecule has 0 bridgehead atoms. The van der Waals surface area contributed by atoms with Gasteiger partial charge in [0.05, 0.1) is 24.8 Å². The highest BCUT2D eigenvalue weighted by Crippen LogP contribution is 2.32. The molecule has 1 aliphatic heterocycles. The number of carbonyl (C=O) groups excluding carboxylic acids is 2. The zero-order valence-corrected chi connectivity index (χ0v) is 16.8. The maximum Gasteiger partial charge on any atom is 0.259 e. The van der Waals surface area contributed by atoms with Crippen molar-refractivity contribution in [1.82, 2.24) is 0 Å². The van der Waals surface area contributed by atoms with Gasteiger partial charge in [-0.3, -0.25) is 9.59 Å². The molecule has 0 radical (unpaired) electrons. The first-order valence-electron chi connectivity index (χ1n) is 9.14. The minimum Gasteiger partial charge on any atom is -0.497 e. The molecule has 4 rings (SSSR count). The van der Waals surface area contributed by atoms with E-state index in [0.717, 1.165) is 22.6 Å². The van der Waals surface area contributed by atoms with Crippen LogP contribution < -0.4 is 15.0 Å². The number of amides is 2. The molecule has 0 aromatic heterocycles. The molecular formula is C23H19ClN2O3. The molecule has 3 aromatic rings. The monoisotopic (exact) mass is 406 g/mol. The van der Waals surface area contributed by atoms with Gasteiger partial charge in [-0.05, 0) is 60.5 Å². The Morgan fingerprint density at radius 2 is 1.79 bits per heavy atom. The zero-order valence-electron chi connectivity index (χ0n) is 16.0. The van der Waals surface area contributed by atoms with Crippen LogP contribution in [-0.4, -0.2) is 18.9 Å². The number of ether oxygens (including phenoxy) is 1. The lowest BCUT2D eigenvalue weighted by atomic mass is 10.0. The Kier molecular flexibility index (Phi) is 4.99. The van der Waals surface area contributed by atoms with Crippen molar-refractivity contribution in [3.8, 4) is 5.75 Å². The summed E-state index contributed by atoms with van der Waals surface area (Å²) >= 11 is 6.15. The molecule has 1 N–H and O–H groups in total. The minimum absolute atomic E-state index is 0.196. The second-order valence-electron chi connectivity index (χ2n) is 6.80. The third-order valence-electron chi connectivity index (χ3n) is 5.08. The van der Waals surface area contributed by atoms with Gasteiger partial charge in [0.1, 0.15) is 5.75 Å². The normalized spacial score (nSPS) is 12.7. The molecular weight excluding hydrogens is 388 g/mol. The van der Waals surface area contributed by atoms with Crippen LogP contribution in [0.4, 0.5) is 11.4 Å². The molecule has 0 atom stereocenters. The van der Waals surface area contributed by atoms with Gasteiger partial charge in [0.15, 0.2) is 0 Å². The van der Waals surface area contributed by atoms with E-state index in [2.05, 4.69) is 5.32 Å². The number of hydrogen-bond donors (Lipinski definition) is 1. The lowest BCUT2D eigenvalue weighted by Gasteiger charge is -2.16. The van der Waals surface area contributed by atoms with Crippen molar-refractivity contribution in [2.24, 2.45) is 0 Å². The Balaban J connectivity index is 1.64. The van der Waals surface area contributed by atoms with Crippen molar-refractivity contribution in [1.29, 1.82) is 0 Å². The second-order valence-corrected chi connectivity index (χ2v) is 7.20. The van der Waals surface area contributed by atoms with E-state index in [1.165, 1.54) is 0 Å². The average molecular weight is 407 g/mol. The minimum atomic E-state index is -0.336. The number of anilines is 2.